The average Bonchev–Trinajstić information content (AvgIpc) is 2.74. The van der Waals surface area contributed by atoms with Crippen LogP contribution in [0.25, 0.3) is 10.8 Å². The van der Waals surface area contributed by atoms with Crippen LogP contribution >= 0.6 is 0 Å². The first-order chi connectivity index (χ1) is 14.6. The Bertz CT molecular complexity index is 1070. The maximum absolute atomic E-state index is 13.3. The summed E-state index contributed by atoms with van der Waals surface area (Å²) in [4.78, 5) is 51.4. The number of non-ortho nitro benzene ring substituents is 2. The number of nitrogens with zero attached hydrogens (tertiary/aromatic N) is 4. The third-order valence-corrected chi connectivity index (χ3v) is 6.15. The molecular weight excluding hydrogens is 404 g/mol. The number of amides is 2. The normalized spacial score (nSPS) is 17.3. The Balaban J connectivity index is 1.84. The third-order valence-electron chi connectivity index (χ3n) is 6.15. The van der Waals surface area contributed by atoms with Crippen LogP contribution in [0, 0.1) is 20.2 Å². The van der Waals surface area contributed by atoms with Gasteiger partial charge in [0.2, 0.25) is 0 Å². The maximum atomic E-state index is 13.3. The van der Waals surface area contributed by atoms with E-state index in [1.807, 2.05) is 13.8 Å². The number of nitro benzene ring substituents is 2. The largest absolute Gasteiger partial charge is 0.296 e. The number of rotatable bonds is 5. The summed E-state index contributed by atoms with van der Waals surface area (Å²) in [5.74, 6) is -1.24. The summed E-state index contributed by atoms with van der Waals surface area (Å²) < 4.78 is 0. The molecule has 0 saturated carbocycles. The van der Waals surface area contributed by atoms with Gasteiger partial charge in [-0.25, -0.2) is 0 Å². The molecule has 2 heterocycles. The summed E-state index contributed by atoms with van der Waals surface area (Å²) >= 11 is 0. The third kappa shape index (κ3) is 3.52. The van der Waals surface area contributed by atoms with Gasteiger partial charge in [0.05, 0.1) is 21.0 Å². The van der Waals surface area contributed by atoms with Crippen molar-refractivity contribution in [3.8, 4) is 0 Å². The second kappa shape index (κ2) is 7.38. The van der Waals surface area contributed by atoms with Gasteiger partial charge in [-0.2, -0.15) is 0 Å². The lowest BCUT2D eigenvalue weighted by molar-refractivity contribution is -0.385. The molecule has 2 aliphatic rings. The summed E-state index contributed by atoms with van der Waals surface area (Å²) in [6, 6.07) is 4.60. The van der Waals surface area contributed by atoms with Crippen molar-refractivity contribution in [1.82, 2.24) is 9.80 Å². The monoisotopic (exact) mass is 426 g/mol. The molecular formula is C21H22N4O6. The topological polar surface area (TPSA) is 127 Å². The van der Waals surface area contributed by atoms with Crippen molar-refractivity contribution < 1.29 is 19.4 Å². The lowest BCUT2D eigenvalue weighted by atomic mass is 9.90. The second-order valence-corrected chi connectivity index (χ2v) is 8.66. The van der Waals surface area contributed by atoms with E-state index in [0.717, 1.165) is 61.5 Å². The number of nitro groups is 2. The number of carbonyl (C=O) groups is 2. The van der Waals surface area contributed by atoms with Gasteiger partial charge in [0.15, 0.2) is 0 Å². The van der Waals surface area contributed by atoms with Crippen LogP contribution in [0.4, 0.5) is 11.4 Å². The SMILES string of the molecule is CC(C)(CN1C(=O)c2cc([N+](=O)[O-])cc3cc([N+](=O)[O-])cc(c23)C1=O)N1CCCCC1. The molecule has 0 spiro atoms. The predicted molar refractivity (Wildman–Crippen MR) is 112 cm³/mol. The van der Waals surface area contributed by atoms with E-state index >= 15 is 0 Å². The van der Waals surface area contributed by atoms with E-state index in [9.17, 15) is 29.8 Å². The van der Waals surface area contributed by atoms with Gasteiger partial charge in [0.1, 0.15) is 0 Å². The zero-order chi connectivity index (χ0) is 22.5. The fourth-order valence-corrected chi connectivity index (χ4v) is 4.55. The van der Waals surface area contributed by atoms with Crippen molar-refractivity contribution in [1.29, 1.82) is 0 Å². The Morgan fingerprint density at radius 1 is 0.871 bits per heavy atom. The fraction of sp³-hybridized carbons (Fsp3) is 0.429. The molecule has 0 aliphatic carbocycles. The van der Waals surface area contributed by atoms with Crippen LogP contribution < -0.4 is 0 Å². The Morgan fingerprint density at radius 2 is 1.35 bits per heavy atom. The van der Waals surface area contributed by atoms with Gasteiger partial charge in [0.25, 0.3) is 23.2 Å². The highest BCUT2D eigenvalue weighted by Crippen LogP contribution is 2.37. The summed E-state index contributed by atoms with van der Waals surface area (Å²) in [5.41, 5.74) is -1.19. The number of hydrogen-bond donors (Lipinski definition) is 0. The van der Waals surface area contributed by atoms with Crippen LogP contribution in [0.2, 0.25) is 0 Å². The number of carbonyl (C=O) groups excluding carboxylic acids is 2. The van der Waals surface area contributed by atoms with E-state index in [-0.39, 0.29) is 39.8 Å². The highest BCUT2D eigenvalue weighted by Gasteiger charge is 2.40. The van der Waals surface area contributed by atoms with Gasteiger partial charge in [-0.1, -0.05) is 6.42 Å². The molecule has 0 radical (unpaired) electrons. The Hall–Kier alpha value is -3.40. The Labute approximate surface area is 177 Å². The molecule has 0 atom stereocenters. The van der Waals surface area contributed by atoms with Crippen molar-refractivity contribution in [3.05, 3.63) is 55.6 Å². The van der Waals surface area contributed by atoms with Crippen LogP contribution in [-0.2, 0) is 0 Å². The van der Waals surface area contributed by atoms with Crippen LogP contribution in [0.3, 0.4) is 0 Å². The number of likely N-dealkylation sites (tertiary alicyclic amines) is 1. The van der Waals surface area contributed by atoms with E-state index in [2.05, 4.69) is 4.90 Å². The van der Waals surface area contributed by atoms with Gasteiger partial charge in [0, 0.05) is 41.7 Å². The van der Waals surface area contributed by atoms with Gasteiger partial charge in [-0.15, -0.1) is 0 Å². The average molecular weight is 426 g/mol. The second-order valence-electron chi connectivity index (χ2n) is 8.66. The van der Waals surface area contributed by atoms with Crippen LogP contribution in [0.1, 0.15) is 53.8 Å². The zero-order valence-corrected chi connectivity index (χ0v) is 17.3. The van der Waals surface area contributed by atoms with E-state index in [0.29, 0.717) is 0 Å². The minimum absolute atomic E-state index is 0.0168. The summed E-state index contributed by atoms with van der Waals surface area (Å²) in [6.45, 7) is 5.69. The Kier molecular flexibility index (Phi) is 4.97. The van der Waals surface area contributed by atoms with Gasteiger partial charge >= 0.3 is 0 Å². The molecule has 2 amide bonds. The highest BCUT2D eigenvalue weighted by molar-refractivity contribution is 6.26. The van der Waals surface area contributed by atoms with Crippen molar-refractivity contribution in [2.75, 3.05) is 19.6 Å². The first-order valence-corrected chi connectivity index (χ1v) is 10.1. The van der Waals surface area contributed by atoms with Crippen molar-refractivity contribution in [2.45, 2.75) is 38.6 Å². The summed E-state index contributed by atoms with van der Waals surface area (Å²) in [5, 5.41) is 23.1. The first kappa shape index (κ1) is 20.9. The molecule has 162 valence electrons. The quantitative estimate of drug-likeness (QED) is 0.406. The molecule has 0 bridgehead atoms. The van der Waals surface area contributed by atoms with Crippen LogP contribution in [0.5, 0.6) is 0 Å². The molecule has 2 aromatic carbocycles. The van der Waals surface area contributed by atoms with Gasteiger partial charge in [-0.3, -0.25) is 39.6 Å². The molecule has 10 heteroatoms. The van der Waals surface area contributed by atoms with E-state index in [1.165, 1.54) is 0 Å². The maximum Gasteiger partial charge on any atom is 0.270 e. The molecule has 0 unspecified atom stereocenters. The van der Waals surface area contributed by atoms with E-state index < -0.39 is 27.2 Å². The van der Waals surface area contributed by atoms with Crippen molar-refractivity contribution in [2.24, 2.45) is 0 Å². The number of benzene rings is 2. The fourth-order valence-electron chi connectivity index (χ4n) is 4.55. The van der Waals surface area contributed by atoms with E-state index in [4.69, 9.17) is 0 Å². The zero-order valence-electron chi connectivity index (χ0n) is 17.3. The molecule has 1 saturated heterocycles. The molecule has 2 aromatic rings. The molecule has 2 aliphatic heterocycles. The molecule has 0 aromatic heterocycles. The lowest BCUT2D eigenvalue weighted by Gasteiger charge is -2.43. The molecule has 10 nitrogen and oxygen atoms in total. The number of imide groups is 1. The summed E-state index contributed by atoms with van der Waals surface area (Å²) in [7, 11) is 0. The number of hydrogen-bond acceptors (Lipinski definition) is 7. The molecule has 4 rings (SSSR count). The minimum Gasteiger partial charge on any atom is -0.296 e. The van der Waals surface area contributed by atoms with Crippen LogP contribution in [0.15, 0.2) is 24.3 Å². The summed E-state index contributed by atoms with van der Waals surface area (Å²) in [6.07, 6.45) is 3.20. The van der Waals surface area contributed by atoms with Crippen molar-refractivity contribution in [3.63, 3.8) is 0 Å². The lowest BCUT2D eigenvalue weighted by Crippen LogP contribution is -2.56. The predicted octanol–water partition coefficient (Wildman–Crippen LogP) is 3.52. The first-order valence-electron chi connectivity index (χ1n) is 10.1. The molecule has 1 fully saturated rings. The highest BCUT2D eigenvalue weighted by atomic mass is 16.6. The van der Waals surface area contributed by atoms with Crippen molar-refractivity contribution >= 4 is 34.0 Å². The van der Waals surface area contributed by atoms with Gasteiger partial charge < -0.3 is 0 Å². The minimum atomic E-state index is -0.653. The standard InChI is InChI=1S/C21H22N4O6/c1-21(2,22-6-4-3-5-7-22)12-23-19(26)16-10-14(24(28)29)8-13-9-15(25(30)31)11-17(18(13)16)20(23)27/h8-11H,3-7,12H2,1-2H3. The Morgan fingerprint density at radius 3 is 1.81 bits per heavy atom. The molecule has 0 N–H and O–H groups in total. The molecule has 31 heavy (non-hydrogen) atoms. The van der Waals surface area contributed by atoms with E-state index in [1.54, 1.807) is 0 Å². The van der Waals surface area contributed by atoms with Crippen LogP contribution in [-0.4, -0.2) is 56.6 Å². The number of piperidine rings is 1. The smallest absolute Gasteiger partial charge is 0.270 e. The van der Waals surface area contributed by atoms with Gasteiger partial charge in [-0.05, 0) is 45.2 Å².